The average Bonchev–Trinajstić information content (AvgIpc) is 2.33. The van der Waals surface area contributed by atoms with Crippen LogP contribution in [0.2, 0.25) is 0 Å². The second-order valence-corrected chi connectivity index (χ2v) is 7.12. The van der Waals surface area contributed by atoms with Crippen molar-refractivity contribution in [1.82, 2.24) is 4.90 Å². The molecule has 0 heterocycles. The van der Waals surface area contributed by atoms with E-state index in [1.807, 2.05) is 0 Å². The quantitative estimate of drug-likeness (QED) is 0.857. The molecule has 20 heavy (non-hydrogen) atoms. The summed E-state index contributed by atoms with van der Waals surface area (Å²) >= 11 is 0. The van der Waals surface area contributed by atoms with E-state index in [1.165, 1.54) is 0 Å². The van der Waals surface area contributed by atoms with Crippen molar-refractivity contribution in [3.05, 3.63) is 0 Å². The predicted molar refractivity (Wildman–Crippen MR) is 76.4 cm³/mol. The van der Waals surface area contributed by atoms with Crippen molar-refractivity contribution in [3.8, 4) is 0 Å². The zero-order valence-corrected chi connectivity index (χ0v) is 13.1. The maximum Gasteiger partial charge on any atom is 0.401 e. The van der Waals surface area contributed by atoms with Gasteiger partial charge in [0.15, 0.2) is 0 Å². The van der Waals surface area contributed by atoms with Crippen molar-refractivity contribution in [1.29, 1.82) is 0 Å². The fourth-order valence-corrected chi connectivity index (χ4v) is 3.41. The maximum atomic E-state index is 12.7. The number of halogens is 3. The molecule has 0 saturated heterocycles. The van der Waals surface area contributed by atoms with Crippen LogP contribution in [-0.2, 0) is 0 Å². The lowest BCUT2D eigenvalue weighted by molar-refractivity contribution is -0.155. The van der Waals surface area contributed by atoms with Gasteiger partial charge in [-0.1, -0.05) is 27.7 Å². The minimum absolute atomic E-state index is 0.0374. The highest BCUT2D eigenvalue weighted by Crippen LogP contribution is 2.41. The first-order valence-corrected chi connectivity index (χ1v) is 7.59. The van der Waals surface area contributed by atoms with E-state index < -0.39 is 12.7 Å². The van der Waals surface area contributed by atoms with Gasteiger partial charge >= 0.3 is 6.18 Å². The van der Waals surface area contributed by atoms with Crippen molar-refractivity contribution in [2.75, 3.05) is 19.6 Å². The third-order valence-corrected chi connectivity index (χ3v) is 4.74. The Morgan fingerprint density at radius 1 is 1.15 bits per heavy atom. The van der Waals surface area contributed by atoms with Crippen molar-refractivity contribution in [2.45, 2.75) is 59.2 Å². The molecular formula is C15H29F3N2. The van der Waals surface area contributed by atoms with Gasteiger partial charge in [-0.25, -0.2) is 0 Å². The summed E-state index contributed by atoms with van der Waals surface area (Å²) in [5.41, 5.74) is 5.94. The lowest BCUT2D eigenvalue weighted by Crippen LogP contribution is -2.51. The van der Waals surface area contributed by atoms with Crippen LogP contribution in [0.15, 0.2) is 0 Å². The molecule has 0 amide bonds. The van der Waals surface area contributed by atoms with Gasteiger partial charge in [0.2, 0.25) is 0 Å². The molecule has 0 aliphatic heterocycles. The van der Waals surface area contributed by atoms with Gasteiger partial charge in [0.25, 0.3) is 0 Å². The molecule has 1 saturated carbocycles. The molecule has 1 rings (SSSR count). The van der Waals surface area contributed by atoms with Crippen LogP contribution in [0.4, 0.5) is 13.2 Å². The summed E-state index contributed by atoms with van der Waals surface area (Å²) in [4.78, 5) is 1.58. The molecule has 1 fully saturated rings. The summed E-state index contributed by atoms with van der Waals surface area (Å²) in [7, 11) is 0. The molecule has 0 spiro atoms. The molecule has 0 bridgehead atoms. The molecule has 2 nitrogen and oxygen atoms in total. The monoisotopic (exact) mass is 294 g/mol. The van der Waals surface area contributed by atoms with Gasteiger partial charge in [-0.3, -0.25) is 4.90 Å². The van der Waals surface area contributed by atoms with E-state index in [0.717, 1.165) is 19.3 Å². The molecule has 3 atom stereocenters. The Morgan fingerprint density at radius 3 is 2.15 bits per heavy atom. The number of alkyl halides is 3. The van der Waals surface area contributed by atoms with Crippen molar-refractivity contribution in [2.24, 2.45) is 23.0 Å². The van der Waals surface area contributed by atoms with Crippen LogP contribution in [0.3, 0.4) is 0 Å². The van der Waals surface area contributed by atoms with Gasteiger partial charge < -0.3 is 5.73 Å². The molecule has 3 unspecified atom stereocenters. The third-order valence-electron chi connectivity index (χ3n) is 4.74. The average molecular weight is 294 g/mol. The van der Waals surface area contributed by atoms with Gasteiger partial charge in [-0.05, 0) is 49.6 Å². The molecule has 1 aliphatic carbocycles. The number of rotatable bonds is 4. The minimum Gasteiger partial charge on any atom is -0.330 e. The highest BCUT2D eigenvalue weighted by atomic mass is 19.4. The Kier molecular flexibility index (Phi) is 5.90. The summed E-state index contributed by atoms with van der Waals surface area (Å²) < 4.78 is 38.2. The zero-order valence-electron chi connectivity index (χ0n) is 13.1. The van der Waals surface area contributed by atoms with E-state index >= 15 is 0 Å². The molecule has 5 heteroatoms. The minimum atomic E-state index is -4.14. The van der Waals surface area contributed by atoms with Crippen LogP contribution in [0, 0.1) is 17.3 Å². The van der Waals surface area contributed by atoms with Gasteiger partial charge in [0, 0.05) is 6.04 Å². The number of hydrogen-bond acceptors (Lipinski definition) is 2. The Hall–Kier alpha value is -0.290. The van der Waals surface area contributed by atoms with Gasteiger partial charge in [-0.2, -0.15) is 13.2 Å². The summed E-state index contributed by atoms with van der Waals surface area (Å²) in [6, 6.07) is -0.0374. The fourth-order valence-electron chi connectivity index (χ4n) is 3.41. The zero-order chi connectivity index (χ0) is 15.6. The van der Waals surface area contributed by atoms with Crippen LogP contribution in [0.1, 0.15) is 47.0 Å². The molecule has 2 N–H and O–H groups in total. The molecule has 120 valence electrons. The summed E-state index contributed by atoms with van der Waals surface area (Å²) in [5.74, 6) is 0.661. The Labute approximate surface area is 120 Å². The first-order valence-electron chi connectivity index (χ1n) is 7.59. The highest BCUT2D eigenvalue weighted by Gasteiger charge is 2.40. The van der Waals surface area contributed by atoms with Gasteiger partial charge in [0.1, 0.15) is 0 Å². The van der Waals surface area contributed by atoms with Crippen LogP contribution in [-0.4, -0.2) is 36.8 Å². The first-order chi connectivity index (χ1) is 9.08. The van der Waals surface area contributed by atoms with Crippen molar-refractivity contribution < 1.29 is 13.2 Å². The highest BCUT2D eigenvalue weighted by molar-refractivity contribution is 4.91. The number of nitrogens with two attached hydrogens (primary N) is 1. The predicted octanol–water partition coefficient (Wildman–Crippen LogP) is 3.66. The summed E-state index contributed by atoms with van der Waals surface area (Å²) in [5, 5.41) is 0. The first kappa shape index (κ1) is 17.8. The summed E-state index contributed by atoms with van der Waals surface area (Å²) in [6.07, 6.45) is -1.29. The van der Waals surface area contributed by atoms with E-state index in [9.17, 15) is 13.2 Å². The number of hydrogen-bond donors (Lipinski definition) is 1. The topological polar surface area (TPSA) is 29.3 Å². The molecule has 1 aliphatic rings. The lowest BCUT2D eigenvalue weighted by Gasteiger charge is -2.46. The normalized spacial score (nSPS) is 28.9. The summed E-state index contributed by atoms with van der Waals surface area (Å²) in [6.45, 7) is 8.43. The molecule has 0 aromatic heterocycles. The van der Waals surface area contributed by atoms with E-state index in [0.29, 0.717) is 19.0 Å². The second kappa shape index (κ2) is 6.65. The van der Waals surface area contributed by atoms with E-state index in [-0.39, 0.29) is 17.4 Å². The Morgan fingerprint density at radius 2 is 1.75 bits per heavy atom. The SMILES string of the molecule is CCN(CC(F)(F)F)C1CC(C(C)(C)C)CCC1CN. The van der Waals surface area contributed by atoms with Crippen LogP contribution in [0.5, 0.6) is 0 Å². The van der Waals surface area contributed by atoms with E-state index in [4.69, 9.17) is 5.73 Å². The molecular weight excluding hydrogens is 265 g/mol. The van der Waals surface area contributed by atoms with Crippen molar-refractivity contribution >= 4 is 0 Å². The smallest absolute Gasteiger partial charge is 0.330 e. The Bertz CT molecular complexity index is 296. The van der Waals surface area contributed by atoms with Gasteiger partial charge in [0.05, 0.1) is 6.54 Å². The number of nitrogens with zero attached hydrogens (tertiary/aromatic N) is 1. The lowest BCUT2D eigenvalue weighted by atomic mass is 9.67. The standard InChI is InChI=1S/C15H29F3N2/c1-5-20(10-15(16,17)18)13-8-12(14(2,3)4)7-6-11(13)9-19/h11-13H,5-10,19H2,1-4H3. The molecule has 0 aromatic carbocycles. The van der Waals surface area contributed by atoms with Crippen molar-refractivity contribution in [3.63, 3.8) is 0 Å². The largest absolute Gasteiger partial charge is 0.401 e. The van der Waals surface area contributed by atoms with Crippen LogP contribution >= 0.6 is 0 Å². The fraction of sp³-hybridized carbons (Fsp3) is 1.00. The van der Waals surface area contributed by atoms with Gasteiger partial charge in [-0.15, -0.1) is 0 Å². The second-order valence-electron chi connectivity index (χ2n) is 7.12. The van der Waals surface area contributed by atoms with E-state index in [2.05, 4.69) is 20.8 Å². The van der Waals surface area contributed by atoms with Crippen LogP contribution < -0.4 is 5.73 Å². The molecule has 0 aromatic rings. The Balaban J connectivity index is 2.84. The third kappa shape index (κ3) is 4.92. The van der Waals surface area contributed by atoms with E-state index in [1.54, 1.807) is 11.8 Å². The molecule has 0 radical (unpaired) electrons. The van der Waals surface area contributed by atoms with Crippen LogP contribution in [0.25, 0.3) is 0 Å². The maximum absolute atomic E-state index is 12.7.